The lowest BCUT2D eigenvalue weighted by atomic mass is 9.90. The molecule has 6 rings (SSSR count). The fourth-order valence-corrected chi connectivity index (χ4v) is 5.62. The topological polar surface area (TPSA) is 66.0 Å². The lowest BCUT2D eigenvalue weighted by Crippen LogP contribution is -2.52. The number of carbonyl (C=O) groups is 2. The van der Waals surface area contributed by atoms with E-state index >= 15 is 0 Å². The van der Waals surface area contributed by atoms with Gasteiger partial charge in [0.05, 0.1) is 0 Å². The molecular weight excluding hydrogens is 471 g/mol. The minimum atomic E-state index is -0.473. The second kappa shape index (κ2) is 10.1. The number of amides is 2. The van der Waals surface area contributed by atoms with E-state index in [1.165, 1.54) is 42.5 Å². The van der Waals surface area contributed by atoms with Crippen LogP contribution < -0.4 is 9.64 Å². The summed E-state index contributed by atoms with van der Waals surface area (Å²) in [6, 6.07) is 14.5. The van der Waals surface area contributed by atoms with Gasteiger partial charge in [0.2, 0.25) is 5.91 Å². The maximum Gasteiger partial charge on any atom is 0.255 e. The van der Waals surface area contributed by atoms with Crippen molar-refractivity contribution >= 4 is 28.4 Å². The first kappa shape index (κ1) is 23.9. The van der Waals surface area contributed by atoms with E-state index in [-0.39, 0.29) is 30.0 Å². The molecule has 2 saturated heterocycles. The molecule has 3 aliphatic rings. The van der Waals surface area contributed by atoms with Crippen LogP contribution in [-0.4, -0.2) is 71.5 Å². The van der Waals surface area contributed by atoms with Crippen LogP contribution in [0.4, 0.5) is 10.1 Å². The molecule has 3 heterocycles. The normalized spacial score (nSPS) is 19.8. The van der Waals surface area contributed by atoms with Crippen molar-refractivity contribution < 1.29 is 18.7 Å². The largest absolute Gasteiger partial charge is 0.490 e. The second-order valence-electron chi connectivity index (χ2n) is 10.2. The molecular formula is C29H31FN4O3. The third-order valence-corrected chi connectivity index (χ3v) is 7.98. The highest BCUT2D eigenvalue weighted by molar-refractivity contribution is 6.08. The Morgan fingerprint density at radius 1 is 0.946 bits per heavy atom. The smallest absolute Gasteiger partial charge is 0.255 e. The molecule has 0 atom stereocenters. The number of halogens is 1. The zero-order valence-electron chi connectivity index (χ0n) is 20.8. The lowest BCUT2D eigenvalue weighted by Gasteiger charge is -2.41. The van der Waals surface area contributed by atoms with Crippen molar-refractivity contribution in [1.29, 1.82) is 0 Å². The zero-order valence-corrected chi connectivity index (χ0v) is 20.8. The number of hydrogen-bond acceptors (Lipinski definition) is 5. The Balaban J connectivity index is 1.06. The molecule has 37 heavy (non-hydrogen) atoms. The molecule has 0 N–H and O–H groups in total. The first-order valence-electron chi connectivity index (χ1n) is 13.2. The number of anilines is 1. The Labute approximate surface area is 215 Å². The molecule has 0 bridgehead atoms. The highest BCUT2D eigenvalue weighted by Crippen LogP contribution is 2.29. The van der Waals surface area contributed by atoms with Crippen molar-refractivity contribution in [3.05, 3.63) is 66.1 Å². The van der Waals surface area contributed by atoms with Gasteiger partial charge >= 0.3 is 0 Å². The van der Waals surface area contributed by atoms with E-state index in [0.29, 0.717) is 24.0 Å². The van der Waals surface area contributed by atoms with Crippen molar-refractivity contribution in [2.45, 2.75) is 44.2 Å². The monoisotopic (exact) mass is 502 g/mol. The third-order valence-electron chi connectivity index (χ3n) is 7.98. The number of piperidine rings is 1. The molecule has 3 fully saturated rings. The summed E-state index contributed by atoms with van der Waals surface area (Å²) < 4.78 is 20.4. The predicted octanol–water partition coefficient (Wildman–Crippen LogP) is 4.26. The Bertz CT molecular complexity index is 1300. The van der Waals surface area contributed by atoms with Gasteiger partial charge in [-0.15, -0.1) is 0 Å². The zero-order chi connectivity index (χ0) is 25.4. The Hall–Kier alpha value is -3.52. The van der Waals surface area contributed by atoms with Crippen LogP contribution in [0.5, 0.6) is 5.75 Å². The first-order valence-corrected chi connectivity index (χ1v) is 13.2. The number of carbonyl (C=O) groups excluding carboxylic acids is 2. The number of hydrogen-bond donors (Lipinski definition) is 0. The molecule has 3 aromatic rings. The molecule has 0 unspecified atom stereocenters. The Morgan fingerprint density at radius 3 is 2.43 bits per heavy atom. The van der Waals surface area contributed by atoms with Crippen LogP contribution in [0.15, 0.2) is 54.7 Å². The molecule has 2 aliphatic heterocycles. The van der Waals surface area contributed by atoms with Crippen LogP contribution in [0.1, 0.15) is 42.5 Å². The van der Waals surface area contributed by atoms with Gasteiger partial charge in [0.1, 0.15) is 29.7 Å². The number of nitrogens with zero attached hydrogens (tertiary/aromatic N) is 4. The van der Waals surface area contributed by atoms with Crippen molar-refractivity contribution in [3.63, 3.8) is 0 Å². The number of likely N-dealkylation sites (tertiary alicyclic amines) is 1. The van der Waals surface area contributed by atoms with Gasteiger partial charge in [-0.05, 0) is 68.1 Å². The number of rotatable bonds is 5. The van der Waals surface area contributed by atoms with Gasteiger partial charge in [0.25, 0.3) is 5.91 Å². The van der Waals surface area contributed by atoms with Crippen LogP contribution in [0.2, 0.25) is 0 Å². The van der Waals surface area contributed by atoms with E-state index in [2.05, 4.69) is 9.88 Å². The van der Waals surface area contributed by atoms with Crippen LogP contribution in [-0.2, 0) is 4.79 Å². The number of ether oxygens (including phenoxy) is 1. The van der Waals surface area contributed by atoms with Crippen LogP contribution in [0.3, 0.4) is 0 Å². The SMILES string of the molecule is O=C(c1ccc(F)c2ncccc12)N1CCN(c2ccc(OC3CCN(C4CCC4)CC3)cc2)C(=O)C1. The summed E-state index contributed by atoms with van der Waals surface area (Å²) in [6.45, 7) is 2.96. The average molecular weight is 503 g/mol. The summed E-state index contributed by atoms with van der Waals surface area (Å²) in [5.74, 6) is -0.0946. The summed E-state index contributed by atoms with van der Waals surface area (Å²) in [4.78, 5) is 36.1. The van der Waals surface area contributed by atoms with E-state index in [9.17, 15) is 14.0 Å². The second-order valence-corrected chi connectivity index (χ2v) is 10.2. The van der Waals surface area contributed by atoms with Crippen molar-refractivity contribution in [3.8, 4) is 5.75 Å². The summed E-state index contributed by atoms with van der Waals surface area (Å²) in [7, 11) is 0. The van der Waals surface area contributed by atoms with Gasteiger partial charge in [-0.25, -0.2) is 4.39 Å². The van der Waals surface area contributed by atoms with E-state index in [1.54, 1.807) is 17.0 Å². The number of benzene rings is 2. The van der Waals surface area contributed by atoms with Gasteiger partial charge in [-0.1, -0.05) is 12.5 Å². The van der Waals surface area contributed by atoms with Crippen LogP contribution >= 0.6 is 0 Å². The third kappa shape index (κ3) is 4.78. The number of piperazine rings is 1. The predicted molar refractivity (Wildman–Crippen MR) is 139 cm³/mol. The summed E-state index contributed by atoms with van der Waals surface area (Å²) >= 11 is 0. The number of aromatic nitrogens is 1. The molecule has 0 radical (unpaired) electrons. The van der Waals surface area contributed by atoms with E-state index < -0.39 is 5.82 Å². The lowest BCUT2D eigenvalue weighted by molar-refractivity contribution is -0.120. The summed E-state index contributed by atoms with van der Waals surface area (Å²) in [5, 5.41) is 0.451. The molecule has 0 spiro atoms. The Morgan fingerprint density at radius 2 is 1.73 bits per heavy atom. The van der Waals surface area contributed by atoms with Crippen molar-refractivity contribution in [2.24, 2.45) is 0 Å². The fourth-order valence-electron chi connectivity index (χ4n) is 5.62. The first-order chi connectivity index (χ1) is 18.1. The number of pyridine rings is 1. The van der Waals surface area contributed by atoms with E-state index in [1.807, 2.05) is 24.3 Å². The molecule has 1 aliphatic carbocycles. The van der Waals surface area contributed by atoms with Gasteiger partial charge < -0.3 is 19.4 Å². The molecule has 192 valence electrons. The minimum absolute atomic E-state index is 0.0320. The molecule has 2 aromatic carbocycles. The van der Waals surface area contributed by atoms with Gasteiger partial charge in [-0.3, -0.25) is 14.6 Å². The fraction of sp³-hybridized carbons (Fsp3) is 0.414. The highest BCUT2D eigenvalue weighted by Gasteiger charge is 2.31. The highest BCUT2D eigenvalue weighted by atomic mass is 19.1. The number of fused-ring (bicyclic) bond motifs is 1. The molecule has 1 saturated carbocycles. The molecule has 2 amide bonds. The molecule has 7 nitrogen and oxygen atoms in total. The van der Waals surface area contributed by atoms with E-state index in [0.717, 1.165) is 43.4 Å². The van der Waals surface area contributed by atoms with Gasteiger partial charge in [0, 0.05) is 55.1 Å². The molecule has 8 heteroatoms. The van der Waals surface area contributed by atoms with Crippen molar-refractivity contribution in [2.75, 3.05) is 37.6 Å². The standard InChI is InChI=1S/C29H31FN4O3/c30-26-11-10-25(24-5-2-14-31-28(24)26)29(36)33-17-18-34(27(35)19-33)21-6-8-22(9-7-21)37-23-12-15-32(16-13-23)20-3-1-4-20/h2,5-11,14,20,23H,1,3-4,12-13,15-19H2. The minimum Gasteiger partial charge on any atom is -0.490 e. The Kier molecular flexibility index (Phi) is 6.50. The van der Waals surface area contributed by atoms with Crippen LogP contribution in [0, 0.1) is 5.82 Å². The maximum atomic E-state index is 14.1. The van der Waals surface area contributed by atoms with Gasteiger partial charge in [-0.2, -0.15) is 0 Å². The van der Waals surface area contributed by atoms with Crippen molar-refractivity contribution in [1.82, 2.24) is 14.8 Å². The van der Waals surface area contributed by atoms with E-state index in [4.69, 9.17) is 4.74 Å². The summed E-state index contributed by atoms with van der Waals surface area (Å²) in [5.41, 5.74) is 1.30. The quantitative estimate of drug-likeness (QED) is 0.522. The average Bonchev–Trinajstić information content (AvgIpc) is 2.89. The maximum absolute atomic E-state index is 14.1. The summed E-state index contributed by atoms with van der Waals surface area (Å²) in [6.07, 6.45) is 7.87. The van der Waals surface area contributed by atoms with Gasteiger partial charge in [0.15, 0.2) is 0 Å². The molecule has 1 aromatic heterocycles. The van der Waals surface area contributed by atoms with Crippen LogP contribution in [0.25, 0.3) is 10.9 Å².